The van der Waals surface area contributed by atoms with Crippen LogP contribution in [0.15, 0.2) is 54.7 Å². The fraction of sp³-hybridized carbons (Fsp3) is 0.222. The quantitative estimate of drug-likeness (QED) is 0.649. The van der Waals surface area contributed by atoms with Crippen LogP contribution in [0.5, 0.6) is 5.75 Å². The molecule has 2 aromatic carbocycles. The molecule has 1 heterocycles. The Morgan fingerprint density at radius 3 is 2.61 bits per heavy atom. The topological polar surface area (TPSA) is 71.3 Å². The number of fused-ring (bicyclic) bond motifs is 1. The highest BCUT2D eigenvalue weighted by Gasteiger charge is 2.13. The van der Waals surface area contributed by atoms with Crippen molar-refractivity contribution in [1.82, 2.24) is 4.98 Å². The van der Waals surface area contributed by atoms with Gasteiger partial charge in [0.15, 0.2) is 0 Å². The number of aliphatic hydroxyl groups excluding tert-OH is 1. The number of aliphatic hydroxyl groups is 1. The van der Waals surface area contributed by atoms with Crippen molar-refractivity contribution in [3.05, 3.63) is 65.9 Å². The van der Waals surface area contributed by atoms with Crippen molar-refractivity contribution in [3.63, 3.8) is 0 Å². The first-order chi connectivity index (χ1) is 10.8. The number of nitrogens with two attached hydrogens (primary N) is 1. The second-order valence-electron chi connectivity index (χ2n) is 5.26. The van der Waals surface area contributed by atoms with E-state index in [9.17, 15) is 5.11 Å². The van der Waals surface area contributed by atoms with Crippen LogP contribution in [0.25, 0.3) is 10.9 Å². The highest BCUT2D eigenvalue weighted by molar-refractivity contribution is 5.85. The molecule has 0 aliphatic heterocycles. The Morgan fingerprint density at radius 2 is 1.91 bits per heavy atom. The molecule has 0 aliphatic carbocycles. The number of aromatic amines is 1. The van der Waals surface area contributed by atoms with Gasteiger partial charge in [-0.15, -0.1) is 12.4 Å². The fourth-order valence-electron chi connectivity index (χ4n) is 2.64. The molecule has 0 spiro atoms. The van der Waals surface area contributed by atoms with Crippen molar-refractivity contribution in [3.8, 4) is 5.75 Å². The number of aromatic nitrogens is 1. The monoisotopic (exact) mass is 332 g/mol. The molecule has 0 aliphatic rings. The van der Waals surface area contributed by atoms with Gasteiger partial charge in [0, 0.05) is 17.1 Å². The van der Waals surface area contributed by atoms with Gasteiger partial charge >= 0.3 is 0 Å². The van der Waals surface area contributed by atoms with E-state index in [0.717, 1.165) is 28.6 Å². The van der Waals surface area contributed by atoms with Gasteiger partial charge in [0.1, 0.15) is 11.9 Å². The highest BCUT2D eigenvalue weighted by atomic mass is 35.5. The standard InChI is InChI=1S/C18H20N2O2.ClH/c19-9-8-14-11-20-17-7-6-15(10-16(14)17)22-18(12-21)13-4-2-1-3-5-13;/h1-7,10-11,18,20-21H,8-9,12,19H2;1H. The van der Waals surface area contributed by atoms with Gasteiger partial charge < -0.3 is 20.6 Å². The van der Waals surface area contributed by atoms with Gasteiger partial charge in [0.05, 0.1) is 6.61 Å². The fourth-order valence-corrected chi connectivity index (χ4v) is 2.64. The lowest BCUT2D eigenvalue weighted by atomic mass is 10.1. The number of benzene rings is 2. The molecular weight excluding hydrogens is 312 g/mol. The molecule has 0 saturated heterocycles. The summed E-state index contributed by atoms with van der Waals surface area (Å²) in [5, 5.41) is 10.7. The second-order valence-corrected chi connectivity index (χ2v) is 5.26. The van der Waals surface area contributed by atoms with E-state index >= 15 is 0 Å². The van der Waals surface area contributed by atoms with E-state index in [1.54, 1.807) is 0 Å². The number of nitrogens with one attached hydrogen (secondary N) is 1. The second kappa shape index (κ2) is 8.02. The van der Waals surface area contributed by atoms with E-state index < -0.39 is 0 Å². The number of hydrogen-bond donors (Lipinski definition) is 3. The van der Waals surface area contributed by atoms with Crippen LogP contribution in [0, 0.1) is 0 Å². The highest BCUT2D eigenvalue weighted by Crippen LogP contribution is 2.27. The van der Waals surface area contributed by atoms with E-state index in [-0.39, 0.29) is 25.1 Å². The number of halogens is 1. The molecule has 23 heavy (non-hydrogen) atoms. The lowest BCUT2D eigenvalue weighted by Crippen LogP contribution is -2.11. The van der Waals surface area contributed by atoms with E-state index in [1.165, 1.54) is 5.56 Å². The molecule has 0 saturated carbocycles. The minimum Gasteiger partial charge on any atom is -0.483 e. The van der Waals surface area contributed by atoms with Crippen LogP contribution in [0.3, 0.4) is 0 Å². The van der Waals surface area contributed by atoms with E-state index in [2.05, 4.69) is 4.98 Å². The van der Waals surface area contributed by atoms with Crippen molar-refractivity contribution in [2.24, 2.45) is 5.73 Å². The molecule has 0 bridgehead atoms. The predicted octanol–water partition coefficient (Wildman–Crippen LogP) is 3.20. The third kappa shape index (κ3) is 3.85. The average Bonchev–Trinajstić information content (AvgIpc) is 2.96. The van der Waals surface area contributed by atoms with Crippen molar-refractivity contribution < 1.29 is 9.84 Å². The molecule has 3 aromatic rings. The molecule has 1 atom stereocenters. The van der Waals surface area contributed by atoms with Gasteiger partial charge in [-0.2, -0.15) is 0 Å². The summed E-state index contributed by atoms with van der Waals surface area (Å²) in [6.07, 6.45) is 2.45. The SMILES string of the molecule is Cl.NCCc1c[nH]c2ccc(OC(CO)c3ccccc3)cc12. The van der Waals surface area contributed by atoms with E-state index in [1.807, 2.05) is 54.7 Å². The molecule has 0 fully saturated rings. The number of H-pyrrole nitrogens is 1. The Kier molecular flexibility index (Phi) is 6.04. The third-order valence-electron chi connectivity index (χ3n) is 3.77. The summed E-state index contributed by atoms with van der Waals surface area (Å²) in [6.45, 7) is 0.548. The first kappa shape index (κ1) is 17.3. The molecule has 0 radical (unpaired) electrons. The average molecular weight is 333 g/mol. The Balaban J connectivity index is 0.00000192. The molecule has 1 unspecified atom stereocenters. The molecule has 4 N–H and O–H groups in total. The zero-order valence-corrected chi connectivity index (χ0v) is 13.6. The predicted molar refractivity (Wildman–Crippen MR) is 95.2 cm³/mol. The molecule has 0 amide bonds. The third-order valence-corrected chi connectivity index (χ3v) is 3.77. The van der Waals surface area contributed by atoms with Crippen molar-refractivity contribution in [1.29, 1.82) is 0 Å². The Hall–Kier alpha value is -2.01. The summed E-state index contributed by atoms with van der Waals surface area (Å²) >= 11 is 0. The first-order valence-electron chi connectivity index (χ1n) is 7.44. The normalized spacial score (nSPS) is 11.9. The van der Waals surface area contributed by atoms with Gasteiger partial charge in [-0.3, -0.25) is 0 Å². The Labute approximate surface area is 141 Å². The molecule has 3 rings (SSSR count). The summed E-state index contributed by atoms with van der Waals surface area (Å²) in [7, 11) is 0. The molecule has 1 aromatic heterocycles. The van der Waals surface area contributed by atoms with Gasteiger partial charge in [-0.05, 0) is 42.3 Å². The van der Waals surface area contributed by atoms with Crippen LogP contribution in [-0.4, -0.2) is 23.2 Å². The van der Waals surface area contributed by atoms with Crippen LogP contribution in [0.2, 0.25) is 0 Å². The van der Waals surface area contributed by atoms with Crippen molar-refractivity contribution >= 4 is 23.3 Å². The minimum atomic E-state index is -0.365. The van der Waals surface area contributed by atoms with Gasteiger partial charge in [-0.25, -0.2) is 0 Å². The maximum Gasteiger partial charge on any atom is 0.147 e. The first-order valence-corrected chi connectivity index (χ1v) is 7.44. The minimum absolute atomic E-state index is 0. The summed E-state index contributed by atoms with van der Waals surface area (Å²) < 4.78 is 5.97. The molecular formula is C18H21ClN2O2. The van der Waals surface area contributed by atoms with Crippen molar-refractivity contribution in [2.45, 2.75) is 12.5 Å². The van der Waals surface area contributed by atoms with Crippen LogP contribution >= 0.6 is 12.4 Å². The summed E-state index contributed by atoms with van der Waals surface area (Å²) in [5.41, 5.74) is 8.86. The van der Waals surface area contributed by atoms with Crippen molar-refractivity contribution in [2.75, 3.05) is 13.2 Å². The lowest BCUT2D eigenvalue weighted by Gasteiger charge is -2.17. The largest absolute Gasteiger partial charge is 0.483 e. The smallest absolute Gasteiger partial charge is 0.147 e. The summed E-state index contributed by atoms with van der Waals surface area (Å²) in [5.74, 6) is 0.744. The maximum atomic E-state index is 9.61. The lowest BCUT2D eigenvalue weighted by molar-refractivity contribution is 0.116. The Morgan fingerprint density at radius 1 is 1.13 bits per heavy atom. The molecule has 5 heteroatoms. The number of ether oxygens (including phenoxy) is 1. The molecule has 122 valence electrons. The molecule has 4 nitrogen and oxygen atoms in total. The van der Waals surface area contributed by atoms with Gasteiger partial charge in [-0.1, -0.05) is 30.3 Å². The maximum absolute atomic E-state index is 9.61. The summed E-state index contributed by atoms with van der Waals surface area (Å²) in [4.78, 5) is 3.24. The van der Waals surface area contributed by atoms with Crippen LogP contribution < -0.4 is 10.5 Å². The van der Waals surface area contributed by atoms with E-state index in [0.29, 0.717) is 6.54 Å². The number of hydrogen-bond acceptors (Lipinski definition) is 3. The van der Waals surface area contributed by atoms with Gasteiger partial charge in [0.2, 0.25) is 0 Å². The van der Waals surface area contributed by atoms with Crippen LogP contribution in [0.4, 0.5) is 0 Å². The van der Waals surface area contributed by atoms with Gasteiger partial charge in [0.25, 0.3) is 0 Å². The zero-order valence-electron chi connectivity index (χ0n) is 12.7. The number of rotatable bonds is 6. The summed E-state index contributed by atoms with van der Waals surface area (Å²) in [6, 6.07) is 15.6. The van der Waals surface area contributed by atoms with E-state index in [4.69, 9.17) is 10.5 Å². The van der Waals surface area contributed by atoms with Crippen LogP contribution in [0.1, 0.15) is 17.2 Å². The zero-order chi connectivity index (χ0) is 15.4. The van der Waals surface area contributed by atoms with Crippen LogP contribution in [-0.2, 0) is 6.42 Å². The Bertz CT molecular complexity index is 743.